The number of hydrogen-bond acceptors (Lipinski definition) is 7. The van der Waals surface area contributed by atoms with E-state index in [2.05, 4.69) is 20.3 Å². The van der Waals surface area contributed by atoms with Crippen LogP contribution in [0.4, 0.5) is 11.6 Å². The van der Waals surface area contributed by atoms with Crippen LogP contribution < -0.4 is 5.32 Å². The first-order valence-corrected chi connectivity index (χ1v) is 7.66. The van der Waals surface area contributed by atoms with E-state index in [9.17, 15) is 4.79 Å². The largest absolute Gasteiger partial charge is 0.462 e. The molecule has 3 heterocycles. The van der Waals surface area contributed by atoms with Gasteiger partial charge in [0.1, 0.15) is 22.8 Å². The van der Waals surface area contributed by atoms with Crippen molar-refractivity contribution in [3.05, 3.63) is 41.2 Å². The molecule has 1 N–H and O–H groups in total. The summed E-state index contributed by atoms with van der Waals surface area (Å²) < 4.78 is 5.08. The first kappa shape index (κ1) is 14.4. The lowest BCUT2D eigenvalue weighted by atomic mass is 10.2. The lowest BCUT2D eigenvalue weighted by Gasteiger charge is -2.07. The Balaban J connectivity index is 2.03. The number of nitrogens with one attached hydrogen (secondary N) is 1. The fourth-order valence-corrected chi connectivity index (χ4v) is 2.87. The molecule has 0 saturated carbocycles. The van der Waals surface area contributed by atoms with Crippen LogP contribution in [0.25, 0.3) is 10.2 Å². The minimum absolute atomic E-state index is 0.326. The predicted molar refractivity (Wildman–Crippen MR) is 85.6 cm³/mol. The number of carbonyl (C=O) groups excluding carboxylic acids is 1. The molecule has 0 spiro atoms. The Labute approximate surface area is 131 Å². The summed E-state index contributed by atoms with van der Waals surface area (Å²) >= 11 is 1.38. The summed E-state index contributed by atoms with van der Waals surface area (Å²) in [7, 11) is 0. The van der Waals surface area contributed by atoms with Crippen molar-refractivity contribution in [1.29, 1.82) is 0 Å². The Morgan fingerprint density at radius 1 is 1.32 bits per heavy atom. The molecule has 3 aromatic rings. The third-order valence-corrected chi connectivity index (χ3v) is 3.91. The normalized spacial score (nSPS) is 10.6. The second-order valence-corrected chi connectivity index (χ2v) is 5.48. The smallest absolute Gasteiger partial charge is 0.339 e. The number of aryl methyl sites for hydroxylation is 1. The van der Waals surface area contributed by atoms with Gasteiger partial charge >= 0.3 is 5.97 Å². The van der Waals surface area contributed by atoms with Crippen LogP contribution >= 0.6 is 11.3 Å². The summed E-state index contributed by atoms with van der Waals surface area (Å²) in [5, 5.41) is 5.54. The van der Waals surface area contributed by atoms with Gasteiger partial charge in [-0.3, -0.25) is 0 Å². The molecule has 0 unspecified atom stereocenters. The van der Waals surface area contributed by atoms with E-state index in [1.807, 2.05) is 19.1 Å². The fraction of sp³-hybridized carbons (Fsp3) is 0.200. The van der Waals surface area contributed by atoms with Crippen LogP contribution in [0.5, 0.6) is 0 Å². The second kappa shape index (κ2) is 6.07. The van der Waals surface area contributed by atoms with E-state index in [1.54, 1.807) is 18.5 Å². The summed E-state index contributed by atoms with van der Waals surface area (Å²) in [5.41, 5.74) is 1.54. The van der Waals surface area contributed by atoms with Gasteiger partial charge in [-0.1, -0.05) is 6.07 Å². The molecule has 6 nitrogen and oxygen atoms in total. The van der Waals surface area contributed by atoms with Gasteiger partial charge in [-0.05, 0) is 25.5 Å². The molecule has 0 atom stereocenters. The molecule has 7 heteroatoms. The average Bonchev–Trinajstić information content (AvgIpc) is 2.95. The van der Waals surface area contributed by atoms with Crippen molar-refractivity contribution in [3.8, 4) is 0 Å². The van der Waals surface area contributed by atoms with E-state index in [-0.39, 0.29) is 5.97 Å². The zero-order chi connectivity index (χ0) is 15.5. The van der Waals surface area contributed by atoms with Gasteiger partial charge in [0.2, 0.25) is 0 Å². The maximum atomic E-state index is 12.1. The molecule has 0 saturated heterocycles. The monoisotopic (exact) mass is 314 g/mol. The molecule has 112 valence electrons. The molecule has 0 aliphatic rings. The molecule has 0 bridgehead atoms. The summed E-state index contributed by atoms with van der Waals surface area (Å²) in [4.78, 5) is 25.5. The Hall–Kier alpha value is -2.54. The molecule has 0 amide bonds. The van der Waals surface area contributed by atoms with Gasteiger partial charge in [-0.25, -0.2) is 19.7 Å². The fourth-order valence-electron chi connectivity index (χ4n) is 1.99. The molecular weight excluding hydrogens is 300 g/mol. The van der Waals surface area contributed by atoms with Crippen LogP contribution in [0.1, 0.15) is 22.8 Å². The van der Waals surface area contributed by atoms with Crippen molar-refractivity contribution in [3.63, 3.8) is 0 Å². The Kier molecular flexibility index (Phi) is 3.97. The maximum Gasteiger partial charge on any atom is 0.339 e. The Bertz CT molecular complexity index is 814. The number of thiophene rings is 1. The number of carbonyl (C=O) groups is 1. The van der Waals surface area contributed by atoms with Gasteiger partial charge in [-0.2, -0.15) is 0 Å². The number of pyridine rings is 1. The van der Waals surface area contributed by atoms with Crippen LogP contribution in [-0.4, -0.2) is 27.5 Å². The van der Waals surface area contributed by atoms with E-state index < -0.39 is 0 Å². The van der Waals surface area contributed by atoms with Crippen molar-refractivity contribution in [2.45, 2.75) is 13.8 Å². The van der Waals surface area contributed by atoms with Crippen LogP contribution in [0.3, 0.4) is 0 Å². The topological polar surface area (TPSA) is 77.0 Å². The third kappa shape index (κ3) is 2.75. The van der Waals surface area contributed by atoms with Crippen LogP contribution in [0, 0.1) is 6.92 Å². The van der Waals surface area contributed by atoms with Gasteiger partial charge in [0.25, 0.3) is 0 Å². The third-order valence-electron chi connectivity index (χ3n) is 3.02. The maximum absolute atomic E-state index is 12.1. The van der Waals surface area contributed by atoms with Crippen LogP contribution in [0.15, 0.2) is 30.0 Å². The highest BCUT2D eigenvalue weighted by atomic mass is 32.1. The van der Waals surface area contributed by atoms with E-state index in [4.69, 9.17) is 4.74 Å². The highest BCUT2D eigenvalue weighted by molar-refractivity contribution is 7.17. The number of ether oxygens (including phenoxy) is 1. The molecule has 0 fully saturated rings. The van der Waals surface area contributed by atoms with Crippen molar-refractivity contribution in [2.75, 3.05) is 11.9 Å². The standard InChI is InChI=1S/C15H14N4O2S/c1-3-21-15(20)10-7-22-14-12(10)13(17-8-18-14)19-11-5-4-9(2)6-16-11/h4-8H,3H2,1-2H3,(H,16,17,18,19). The number of nitrogens with zero attached hydrogens (tertiary/aromatic N) is 3. The van der Waals surface area contributed by atoms with Crippen molar-refractivity contribution >= 4 is 39.2 Å². The van der Waals surface area contributed by atoms with Crippen molar-refractivity contribution in [1.82, 2.24) is 15.0 Å². The number of aromatic nitrogens is 3. The molecule has 3 rings (SSSR count). The first-order valence-electron chi connectivity index (χ1n) is 6.78. The lowest BCUT2D eigenvalue weighted by molar-refractivity contribution is 0.0529. The summed E-state index contributed by atoms with van der Waals surface area (Å²) in [6, 6.07) is 3.81. The van der Waals surface area contributed by atoms with Gasteiger partial charge in [-0.15, -0.1) is 11.3 Å². The molecule has 0 aliphatic carbocycles. The first-order chi connectivity index (χ1) is 10.7. The zero-order valence-electron chi connectivity index (χ0n) is 12.2. The molecule has 0 aliphatic heterocycles. The van der Waals surface area contributed by atoms with Gasteiger partial charge in [0, 0.05) is 11.6 Å². The summed E-state index contributed by atoms with van der Waals surface area (Å²) in [5.74, 6) is 0.834. The van der Waals surface area contributed by atoms with Gasteiger partial charge in [0.15, 0.2) is 0 Å². The summed E-state index contributed by atoms with van der Waals surface area (Å²) in [6.45, 7) is 4.07. The molecule has 0 radical (unpaired) electrons. The quantitative estimate of drug-likeness (QED) is 0.744. The van der Waals surface area contributed by atoms with E-state index >= 15 is 0 Å². The molecule has 22 heavy (non-hydrogen) atoms. The van der Waals surface area contributed by atoms with Gasteiger partial charge in [0.05, 0.1) is 17.6 Å². The number of fused-ring (bicyclic) bond motifs is 1. The number of esters is 1. The minimum Gasteiger partial charge on any atom is -0.462 e. The lowest BCUT2D eigenvalue weighted by Crippen LogP contribution is -2.05. The number of rotatable bonds is 4. The van der Waals surface area contributed by atoms with Crippen LogP contribution in [-0.2, 0) is 4.74 Å². The van der Waals surface area contributed by atoms with Gasteiger partial charge < -0.3 is 10.1 Å². The second-order valence-electron chi connectivity index (χ2n) is 4.62. The van der Waals surface area contributed by atoms with E-state index in [1.165, 1.54) is 17.7 Å². The van der Waals surface area contributed by atoms with Crippen molar-refractivity contribution in [2.24, 2.45) is 0 Å². The Morgan fingerprint density at radius 3 is 2.91 bits per heavy atom. The highest BCUT2D eigenvalue weighted by Gasteiger charge is 2.18. The SMILES string of the molecule is CCOC(=O)c1csc2ncnc(Nc3ccc(C)cn3)c12. The summed E-state index contributed by atoms with van der Waals surface area (Å²) in [6.07, 6.45) is 3.23. The number of hydrogen-bond donors (Lipinski definition) is 1. The number of anilines is 2. The zero-order valence-corrected chi connectivity index (χ0v) is 13.0. The van der Waals surface area contributed by atoms with E-state index in [0.29, 0.717) is 29.2 Å². The predicted octanol–water partition coefficient (Wildman–Crippen LogP) is 3.32. The van der Waals surface area contributed by atoms with Crippen molar-refractivity contribution < 1.29 is 9.53 Å². The van der Waals surface area contributed by atoms with Crippen LogP contribution in [0.2, 0.25) is 0 Å². The highest BCUT2D eigenvalue weighted by Crippen LogP contribution is 2.31. The van der Waals surface area contributed by atoms with E-state index in [0.717, 1.165) is 10.4 Å². The molecular formula is C15H14N4O2S. The Morgan fingerprint density at radius 2 is 2.18 bits per heavy atom. The minimum atomic E-state index is -0.372. The average molecular weight is 314 g/mol. The molecule has 0 aromatic carbocycles. The molecule has 3 aromatic heterocycles.